The Kier molecular flexibility index (Phi) is 5.66. The van der Waals surface area contributed by atoms with E-state index < -0.39 is 0 Å². The molecule has 0 spiro atoms. The monoisotopic (exact) mass is 324 g/mol. The summed E-state index contributed by atoms with van der Waals surface area (Å²) in [5.41, 5.74) is 5.78. The summed E-state index contributed by atoms with van der Waals surface area (Å²) < 4.78 is 0. The molecule has 0 aliphatic carbocycles. The van der Waals surface area contributed by atoms with E-state index in [1.807, 2.05) is 25.1 Å². The van der Waals surface area contributed by atoms with Crippen LogP contribution in [0.1, 0.15) is 43.9 Å². The van der Waals surface area contributed by atoms with Crippen molar-refractivity contribution in [1.29, 1.82) is 0 Å². The van der Waals surface area contributed by atoms with Crippen LogP contribution in [0.25, 0.3) is 0 Å². The fourth-order valence-electron chi connectivity index (χ4n) is 2.45. The lowest BCUT2D eigenvalue weighted by Crippen LogP contribution is -2.16. The standard InChI is InChI=1S/C21H28N2O/c1-15-6-9-19(14-16(15)2)23-20(24)12-13-22-18-10-7-17(8-11-18)21(3,4)5/h6-11,14,22H,12-13H2,1-5H3,(H,23,24). The van der Waals surface area contributed by atoms with E-state index in [9.17, 15) is 4.79 Å². The van der Waals surface area contributed by atoms with Crippen molar-refractivity contribution in [2.24, 2.45) is 0 Å². The second-order valence-electron chi connectivity index (χ2n) is 7.35. The third-order valence-corrected chi connectivity index (χ3v) is 4.22. The maximum Gasteiger partial charge on any atom is 0.226 e. The van der Waals surface area contributed by atoms with Gasteiger partial charge in [0, 0.05) is 24.3 Å². The normalized spacial score (nSPS) is 11.2. The second kappa shape index (κ2) is 7.52. The van der Waals surface area contributed by atoms with Crippen molar-refractivity contribution in [3.63, 3.8) is 0 Å². The van der Waals surface area contributed by atoms with Crippen molar-refractivity contribution in [3.05, 3.63) is 59.2 Å². The molecule has 0 saturated carbocycles. The van der Waals surface area contributed by atoms with Crippen LogP contribution >= 0.6 is 0 Å². The number of nitrogens with one attached hydrogen (secondary N) is 2. The van der Waals surface area contributed by atoms with Crippen LogP contribution in [0.5, 0.6) is 0 Å². The molecule has 0 aliphatic heterocycles. The summed E-state index contributed by atoms with van der Waals surface area (Å²) >= 11 is 0. The van der Waals surface area contributed by atoms with Gasteiger partial charge in [-0.1, -0.05) is 39.0 Å². The molecule has 24 heavy (non-hydrogen) atoms. The summed E-state index contributed by atoms with van der Waals surface area (Å²) in [6.07, 6.45) is 0.438. The van der Waals surface area contributed by atoms with Gasteiger partial charge in [-0.25, -0.2) is 0 Å². The van der Waals surface area contributed by atoms with Crippen molar-refractivity contribution in [2.75, 3.05) is 17.2 Å². The van der Waals surface area contributed by atoms with Crippen molar-refractivity contribution >= 4 is 17.3 Å². The molecule has 2 N–H and O–H groups in total. The van der Waals surface area contributed by atoms with Gasteiger partial charge in [0.1, 0.15) is 0 Å². The van der Waals surface area contributed by atoms with E-state index >= 15 is 0 Å². The number of rotatable bonds is 5. The number of benzene rings is 2. The average molecular weight is 324 g/mol. The van der Waals surface area contributed by atoms with Crippen LogP contribution in [0.4, 0.5) is 11.4 Å². The minimum atomic E-state index is 0.0251. The topological polar surface area (TPSA) is 41.1 Å². The molecule has 0 unspecified atom stereocenters. The van der Waals surface area contributed by atoms with Crippen molar-refractivity contribution < 1.29 is 4.79 Å². The first-order valence-corrected chi connectivity index (χ1v) is 8.47. The van der Waals surface area contributed by atoms with Gasteiger partial charge in [0.2, 0.25) is 5.91 Å². The maximum absolute atomic E-state index is 12.0. The predicted molar refractivity (Wildman–Crippen MR) is 103 cm³/mol. The zero-order chi connectivity index (χ0) is 17.7. The van der Waals surface area contributed by atoms with Crippen LogP contribution in [-0.4, -0.2) is 12.5 Å². The first-order chi connectivity index (χ1) is 11.3. The van der Waals surface area contributed by atoms with E-state index in [4.69, 9.17) is 0 Å². The van der Waals surface area contributed by atoms with Gasteiger partial charge in [0.15, 0.2) is 0 Å². The fourth-order valence-corrected chi connectivity index (χ4v) is 2.45. The zero-order valence-electron chi connectivity index (χ0n) is 15.4. The molecule has 0 atom stereocenters. The minimum Gasteiger partial charge on any atom is -0.385 e. The van der Waals surface area contributed by atoms with Crippen molar-refractivity contribution in [1.82, 2.24) is 0 Å². The highest BCUT2D eigenvalue weighted by Crippen LogP contribution is 2.23. The van der Waals surface area contributed by atoms with Gasteiger partial charge in [0.25, 0.3) is 0 Å². The van der Waals surface area contributed by atoms with Crippen LogP contribution < -0.4 is 10.6 Å². The van der Waals surface area contributed by atoms with Crippen LogP contribution in [0.15, 0.2) is 42.5 Å². The Morgan fingerprint density at radius 3 is 2.12 bits per heavy atom. The summed E-state index contributed by atoms with van der Waals surface area (Å²) in [5, 5.41) is 6.25. The number of hydrogen-bond acceptors (Lipinski definition) is 2. The molecule has 0 aromatic heterocycles. The molecule has 0 radical (unpaired) electrons. The Hall–Kier alpha value is -2.29. The predicted octanol–water partition coefficient (Wildman–Crippen LogP) is 5.04. The highest BCUT2D eigenvalue weighted by atomic mass is 16.1. The molecule has 1 amide bonds. The Balaban J connectivity index is 1.81. The molecule has 0 aliphatic rings. The van der Waals surface area contributed by atoms with E-state index in [1.54, 1.807) is 0 Å². The summed E-state index contributed by atoms with van der Waals surface area (Å²) in [7, 11) is 0. The second-order valence-corrected chi connectivity index (χ2v) is 7.35. The molecule has 2 aromatic carbocycles. The van der Waals surface area contributed by atoms with Crippen molar-refractivity contribution in [2.45, 2.75) is 46.5 Å². The molecule has 2 aromatic rings. The Morgan fingerprint density at radius 1 is 0.917 bits per heavy atom. The van der Waals surface area contributed by atoms with E-state index in [0.29, 0.717) is 13.0 Å². The number of hydrogen-bond donors (Lipinski definition) is 2. The van der Waals surface area contributed by atoms with Crippen LogP contribution in [0.2, 0.25) is 0 Å². The highest BCUT2D eigenvalue weighted by Gasteiger charge is 2.12. The first kappa shape index (κ1) is 18.1. The summed E-state index contributed by atoms with van der Waals surface area (Å²) in [6, 6.07) is 14.4. The average Bonchev–Trinajstić information content (AvgIpc) is 2.50. The lowest BCUT2D eigenvalue weighted by molar-refractivity contribution is -0.115. The molecule has 2 rings (SSSR count). The van der Waals surface area contributed by atoms with Gasteiger partial charge in [-0.15, -0.1) is 0 Å². The lowest BCUT2D eigenvalue weighted by Gasteiger charge is -2.19. The third-order valence-electron chi connectivity index (χ3n) is 4.22. The van der Waals surface area contributed by atoms with Crippen molar-refractivity contribution in [3.8, 4) is 0 Å². The van der Waals surface area contributed by atoms with Gasteiger partial charge in [-0.3, -0.25) is 4.79 Å². The zero-order valence-corrected chi connectivity index (χ0v) is 15.4. The lowest BCUT2D eigenvalue weighted by atomic mass is 9.87. The molecule has 128 valence electrons. The SMILES string of the molecule is Cc1ccc(NC(=O)CCNc2ccc(C(C)(C)C)cc2)cc1C. The smallest absolute Gasteiger partial charge is 0.226 e. The highest BCUT2D eigenvalue weighted by molar-refractivity contribution is 5.91. The molecule has 3 heteroatoms. The number of carbonyl (C=O) groups is 1. The van der Waals surface area contributed by atoms with E-state index in [0.717, 1.165) is 11.4 Å². The number of carbonyl (C=O) groups excluding carboxylic acids is 1. The molecule has 0 bridgehead atoms. The van der Waals surface area contributed by atoms with Crippen LogP contribution in [0, 0.1) is 13.8 Å². The Morgan fingerprint density at radius 2 is 1.54 bits per heavy atom. The minimum absolute atomic E-state index is 0.0251. The Bertz CT molecular complexity index is 697. The third kappa shape index (κ3) is 5.12. The molecular formula is C21H28N2O. The van der Waals surface area contributed by atoms with Crippen LogP contribution in [0.3, 0.4) is 0 Å². The molecule has 0 heterocycles. The van der Waals surface area contributed by atoms with Gasteiger partial charge in [0.05, 0.1) is 0 Å². The molecule has 0 fully saturated rings. The summed E-state index contributed by atoms with van der Waals surface area (Å²) in [5.74, 6) is 0.0251. The van der Waals surface area contributed by atoms with E-state index in [2.05, 4.69) is 62.6 Å². The van der Waals surface area contributed by atoms with E-state index in [1.165, 1.54) is 16.7 Å². The number of aryl methyl sites for hydroxylation is 2. The maximum atomic E-state index is 12.0. The van der Waals surface area contributed by atoms with Gasteiger partial charge < -0.3 is 10.6 Å². The summed E-state index contributed by atoms with van der Waals surface area (Å²) in [6.45, 7) is 11.3. The first-order valence-electron chi connectivity index (χ1n) is 8.47. The van der Waals surface area contributed by atoms with E-state index in [-0.39, 0.29) is 11.3 Å². The Labute approximate surface area is 145 Å². The fraction of sp³-hybridized carbons (Fsp3) is 0.381. The molecular weight excluding hydrogens is 296 g/mol. The van der Waals surface area contributed by atoms with Gasteiger partial charge >= 0.3 is 0 Å². The van der Waals surface area contributed by atoms with Crippen LogP contribution in [-0.2, 0) is 10.2 Å². The largest absolute Gasteiger partial charge is 0.385 e. The van der Waals surface area contributed by atoms with Gasteiger partial charge in [-0.2, -0.15) is 0 Å². The van der Waals surface area contributed by atoms with Gasteiger partial charge in [-0.05, 0) is 60.2 Å². The quantitative estimate of drug-likeness (QED) is 0.809. The molecule has 3 nitrogen and oxygen atoms in total. The summed E-state index contributed by atoms with van der Waals surface area (Å²) in [4.78, 5) is 12.0. The number of amides is 1. The number of anilines is 2. The molecule has 0 saturated heterocycles.